The molecule has 0 aliphatic rings. The van der Waals surface area contributed by atoms with Crippen LogP contribution in [0.5, 0.6) is 0 Å². The predicted molar refractivity (Wildman–Crippen MR) is 252 cm³/mol. The largest absolute Gasteiger partial charge is 0.309 e. The molecule has 3 heterocycles. The van der Waals surface area contributed by atoms with Crippen LogP contribution in [0.4, 0.5) is 0 Å². The van der Waals surface area contributed by atoms with Gasteiger partial charge >= 0.3 is 0 Å². The van der Waals surface area contributed by atoms with Gasteiger partial charge in [0.05, 0.1) is 39.1 Å². The third kappa shape index (κ3) is 5.48. The lowest BCUT2D eigenvalue weighted by molar-refractivity contribution is 1.16. The molecule has 0 N–H and O–H groups in total. The smallest absolute Gasteiger partial charge is 0.0736 e. The average Bonchev–Trinajstić information content (AvgIpc) is 3.83. The van der Waals surface area contributed by atoms with Crippen LogP contribution in [0.25, 0.3) is 111 Å². The summed E-state index contributed by atoms with van der Waals surface area (Å²) >= 11 is 0. The Kier molecular flexibility index (Phi) is 7.85. The van der Waals surface area contributed by atoms with E-state index in [4.69, 9.17) is 4.98 Å². The Morgan fingerprint density at radius 2 is 0.833 bits per heavy atom. The number of para-hydroxylation sites is 3. The summed E-state index contributed by atoms with van der Waals surface area (Å²) in [5, 5.41) is 7.35. The van der Waals surface area contributed by atoms with E-state index < -0.39 is 0 Å². The lowest BCUT2D eigenvalue weighted by Gasteiger charge is -2.16. The van der Waals surface area contributed by atoms with Crippen LogP contribution in [-0.2, 0) is 0 Å². The van der Waals surface area contributed by atoms with Gasteiger partial charge in [-0.25, -0.2) is 4.98 Å². The van der Waals surface area contributed by atoms with Crippen LogP contribution in [0, 0.1) is 0 Å². The molecule has 3 aromatic heterocycles. The van der Waals surface area contributed by atoms with Crippen molar-refractivity contribution in [2.75, 3.05) is 0 Å². The van der Waals surface area contributed by atoms with Crippen molar-refractivity contribution in [3.63, 3.8) is 0 Å². The van der Waals surface area contributed by atoms with Crippen molar-refractivity contribution in [1.29, 1.82) is 0 Å². The first-order valence-corrected chi connectivity index (χ1v) is 20.5. The Morgan fingerprint density at radius 3 is 1.62 bits per heavy atom. The van der Waals surface area contributed by atoms with Crippen molar-refractivity contribution in [2.45, 2.75) is 0 Å². The maximum atomic E-state index is 5.46. The summed E-state index contributed by atoms with van der Waals surface area (Å²) in [6, 6.07) is 81.0. The molecule has 0 amide bonds. The molecule has 0 unspecified atom stereocenters. The molecule has 0 aliphatic carbocycles. The number of benzene rings is 9. The predicted octanol–water partition coefficient (Wildman–Crippen LogP) is 15.1. The summed E-state index contributed by atoms with van der Waals surface area (Å²) in [5.74, 6) is 0. The van der Waals surface area contributed by atoms with Crippen LogP contribution in [0.2, 0.25) is 0 Å². The summed E-state index contributed by atoms with van der Waals surface area (Å²) in [4.78, 5) is 5.46. The molecule has 0 spiro atoms. The summed E-state index contributed by atoms with van der Waals surface area (Å²) in [6.07, 6.45) is 0. The second-order valence-corrected chi connectivity index (χ2v) is 15.5. The summed E-state index contributed by atoms with van der Waals surface area (Å²) in [7, 11) is 0. The van der Waals surface area contributed by atoms with Gasteiger partial charge in [0, 0.05) is 38.4 Å². The van der Waals surface area contributed by atoms with E-state index in [2.05, 4.69) is 234 Å². The van der Waals surface area contributed by atoms with Gasteiger partial charge in [-0.05, 0) is 87.6 Å². The van der Waals surface area contributed by atoms with Crippen LogP contribution >= 0.6 is 0 Å². The van der Waals surface area contributed by atoms with E-state index in [-0.39, 0.29) is 0 Å². The fourth-order valence-electron chi connectivity index (χ4n) is 9.37. The molecule has 0 fully saturated rings. The fourth-order valence-corrected chi connectivity index (χ4v) is 9.37. The molecule has 9 aromatic carbocycles. The molecule has 3 nitrogen and oxygen atoms in total. The van der Waals surface area contributed by atoms with E-state index >= 15 is 0 Å². The molecular weight excluding hydrogens is 727 g/mol. The minimum Gasteiger partial charge on any atom is -0.309 e. The van der Waals surface area contributed by atoms with Gasteiger partial charge in [-0.2, -0.15) is 0 Å². The van der Waals surface area contributed by atoms with Gasteiger partial charge < -0.3 is 9.13 Å². The van der Waals surface area contributed by atoms with Gasteiger partial charge in [0.25, 0.3) is 0 Å². The highest BCUT2D eigenvalue weighted by molar-refractivity contribution is 6.19. The molecule has 12 aromatic rings. The molecular formula is C57H37N3. The number of aromatic nitrogens is 3. The number of fused-ring (bicyclic) bond motifs is 7. The maximum absolute atomic E-state index is 5.46. The Bertz CT molecular complexity index is 3590. The molecule has 0 atom stereocenters. The first kappa shape index (κ1) is 34.1. The zero-order chi connectivity index (χ0) is 39.6. The van der Waals surface area contributed by atoms with Crippen molar-refractivity contribution >= 4 is 54.4 Å². The third-order valence-corrected chi connectivity index (χ3v) is 12.1. The Balaban J connectivity index is 1.13. The monoisotopic (exact) mass is 763 g/mol. The first-order chi connectivity index (χ1) is 29.8. The van der Waals surface area contributed by atoms with E-state index in [9.17, 15) is 0 Å². The highest BCUT2D eigenvalue weighted by Gasteiger charge is 2.21. The number of nitrogens with zero attached hydrogens (tertiary/aromatic N) is 3. The number of pyridine rings is 1. The summed E-state index contributed by atoms with van der Waals surface area (Å²) in [6.45, 7) is 0. The van der Waals surface area contributed by atoms with Crippen molar-refractivity contribution in [2.24, 2.45) is 0 Å². The van der Waals surface area contributed by atoms with Gasteiger partial charge in [-0.3, -0.25) is 0 Å². The number of rotatable bonds is 6. The van der Waals surface area contributed by atoms with E-state index in [1.807, 2.05) is 0 Å². The Morgan fingerprint density at radius 1 is 0.283 bits per heavy atom. The van der Waals surface area contributed by atoms with E-state index in [0.717, 1.165) is 56.0 Å². The highest BCUT2D eigenvalue weighted by Crippen LogP contribution is 2.42. The first-order valence-electron chi connectivity index (χ1n) is 20.5. The number of hydrogen-bond donors (Lipinski definition) is 0. The lowest BCUT2D eigenvalue weighted by atomic mass is 9.95. The van der Waals surface area contributed by atoms with Gasteiger partial charge in [-0.15, -0.1) is 0 Å². The van der Waals surface area contributed by atoms with Gasteiger partial charge in [0.15, 0.2) is 0 Å². The zero-order valence-corrected chi connectivity index (χ0v) is 32.7. The quantitative estimate of drug-likeness (QED) is 0.165. The van der Waals surface area contributed by atoms with E-state index in [0.29, 0.717) is 0 Å². The van der Waals surface area contributed by atoms with E-state index in [1.165, 1.54) is 54.5 Å². The van der Waals surface area contributed by atoms with Crippen LogP contribution in [0.1, 0.15) is 0 Å². The minimum atomic E-state index is 0.925. The van der Waals surface area contributed by atoms with Crippen molar-refractivity contribution in [3.8, 4) is 56.1 Å². The van der Waals surface area contributed by atoms with Gasteiger partial charge in [0.1, 0.15) is 0 Å². The summed E-state index contributed by atoms with van der Waals surface area (Å²) < 4.78 is 4.89. The third-order valence-electron chi connectivity index (χ3n) is 12.1. The summed E-state index contributed by atoms with van der Waals surface area (Å²) in [5.41, 5.74) is 15.6. The molecule has 0 radical (unpaired) electrons. The molecule has 60 heavy (non-hydrogen) atoms. The van der Waals surface area contributed by atoms with E-state index in [1.54, 1.807) is 0 Å². The average molecular weight is 764 g/mol. The standard InChI is InChI=1S/C57H37N3/c1-3-17-38(18-4-1)41-23-15-24-43(33-41)59-53-30-12-9-26-46(53)49-36-50-47-27-10-13-31-54(47)60(57(50)37-56(49)59)55-32-14-11-28-48(55)52-35-42(34-51(58-52)40-20-5-2-6-21-40)45-29-16-22-39-19-7-8-25-44(39)45/h1-37H. The van der Waals surface area contributed by atoms with Crippen molar-refractivity contribution < 1.29 is 0 Å². The van der Waals surface area contributed by atoms with Gasteiger partial charge in [-0.1, -0.05) is 170 Å². The second kappa shape index (κ2) is 13.8. The van der Waals surface area contributed by atoms with Crippen LogP contribution < -0.4 is 0 Å². The van der Waals surface area contributed by atoms with Crippen molar-refractivity contribution in [1.82, 2.24) is 14.1 Å². The molecule has 3 heteroatoms. The highest BCUT2D eigenvalue weighted by atomic mass is 15.0. The molecule has 0 saturated heterocycles. The lowest BCUT2D eigenvalue weighted by Crippen LogP contribution is -2.00. The molecule has 0 aliphatic heterocycles. The molecule has 0 saturated carbocycles. The molecule has 280 valence electrons. The molecule has 12 rings (SSSR count). The maximum Gasteiger partial charge on any atom is 0.0736 e. The second-order valence-electron chi connectivity index (χ2n) is 15.5. The van der Waals surface area contributed by atoms with Crippen molar-refractivity contribution in [3.05, 3.63) is 224 Å². The van der Waals surface area contributed by atoms with Crippen LogP contribution in [0.3, 0.4) is 0 Å². The molecule has 0 bridgehead atoms. The zero-order valence-electron chi connectivity index (χ0n) is 32.7. The topological polar surface area (TPSA) is 22.8 Å². The normalized spacial score (nSPS) is 11.7. The van der Waals surface area contributed by atoms with Crippen LogP contribution in [-0.4, -0.2) is 14.1 Å². The fraction of sp³-hybridized carbons (Fsp3) is 0. The van der Waals surface area contributed by atoms with Gasteiger partial charge in [0.2, 0.25) is 0 Å². The Labute approximate surface area is 347 Å². The van der Waals surface area contributed by atoms with Crippen LogP contribution in [0.15, 0.2) is 224 Å². The minimum absolute atomic E-state index is 0.925. The number of hydrogen-bond acceptors (Lipinski definition) is 1. The Hall–Kier alpha value is -8.01. The SMILES string of the molecule is c1ccc(-c2cccc(-n3c4ccccc4c4cc5c6ccccc6n(-c6ccccc6-c6cc(-c7cccc8ccccc78)cc(-c7ccccc7)n6)c5cc43)c2)cc1.